The van der Waals surface area contributed by atoms with E-state index in [1.54, 1.807) is 0 Å². The van der Waals surface area contributed by atoms with E-state index in [1.807, 2.05) is 30.3 Å². The Morgan fingerprint density at radius 3 is 2.52 bits per heavy atom. The van der Waals surface area contributed by atoms with Crippen LogP contribution in [0.3, 0.4) is 0 Å². The minimum atomic E-state index is -0.000121. The van der Waals surface area contributed by atoms with Crippen LogP contribution < -0.4 is 16.4 Å². The molecular formula is C18H28N4O. The van der Waals surface area contributed by atoms with Crippen molar-refractivity contribution in [2.45, 2.75) is 57.5 Å². The Labute approximate surface area is 138 Å². The Morgan fingerprint density at radius 2 is 1.83 bits per heavy atom. The highest BCUT2D eigenvalue weighted by atomic mass is 16.1. The number of carbonyl (C=O) groups excluding carboxylic acids is 1. The highest BCUT2D eigenvalue weighted by Gasteiger charge is 2.12. The smallest absolute Gasteiger partial charge is 0.222 e. The summed E-state index contributed by atoms with van der Waals surface area (Å²) < 4.78 is 0. The van der Waals surface area contributed by atoms with E-state index >= 15 is 0 Å². The molecular weight excluding hydrogens is 288 g/mol. The molecule has 0 heterocycles. The van der Waals surface area contributed by atoms with Crippen LogP contribution in [0.25, 0.3) is 0 Å². The summed E-state index contributed by atoms with van der Waals surface area (Å²) in [7, 11) is 0. The fraction of sp³-hybridized carbons (Fsp3) is 0.556. The largest absolute Gasteiger partial charge is 0.370 e. The van der Waals surface area contributed by atoms with Gasteiger partial charge in [0.05, 0.1) is 6.54 Å². The Hall–Kier alpha value is -2.04. The first kappa shape index (κ1) is 17.3. The minimum Gasteiger partial charge on any atom is -0.370 e. The maximum Gasteiger partial charge on any atom is 0.222 e. The fourth-order valence-electron chi connectivity index (χ4n) is 2.84. The molecule has 5 heteroatoms. The molecule has 2 rings (SSSR count). The van der Waals surface area contributed by atoms with Crippen molar-refractivity contribution in [3.63, 3.8) is 0 Å². The van der Waals surface area contributed by atoms with Crippen LogP contribution in [-0.2, 0) is 11.3 Å². The molecule has 4 N–H and O–H groups in total. The van der Waals surface area contributed by atoms with Crippen LogP contribution in [0.2, 0.25) is 0 Å². The average Bonchev–Trinajstić information content (AvgIpc) is 2.82. The first-order valence-corrected chi connectivity index (χ1v) is 8.61. The molecule has 1 aliphatic carbocycles. The summed E-state index contributed by atoms with van der Waals surface area (Å²) in [5, 5.41) is 6.18. The molecule has 126 valence electrons. The molecule has 5 nitrogen and oxygen atoms in total. The zero-order valence-corrected chi connectivity index (χ0v) is 13.8. The zero-order chi connectivity index (χ0) is 16.3. The molecule has 1 fully saturated rings. The molecule has 0 aromatic heterocycles. The van der Waals surface area contributed by atoms with Crippen LogP contribution in [0, 0.1) is 0 Å². The van der Waals surface area contributed by atoms with Crippen molar-refractivity contribution in [3.05, 3.63) is 35.9 Å². The number of carbonyl (C=O) groups is 1. The van der Waals surface area contributed by atoms with Crippen molar-refractivity contribution in [1.82, 2.24) is 10.6 Å². The van der Waals surface area contributed by atoms with E-state index in [0.29, 0.717) is 31.5 Å². The predicted molar refractivity (Wildman–Crippen MR) is 94.0 cm³/mol. The summed E-state index contributed by atoms with van der Waals surface area (Å²) in [6, 6.07) is 10.3. The van der Waals surface area contributed by atoms with Gasteiger partial charge in [-0.25, -0.2) is 0 Å². The number of hydrogen-bond acceptors (Lipinski definition) is 2. The molecule has 1 aromatic carbocycles. The van der Waals surface area contributed by atoms with E-state index in [2.05, 4.69) is 15.6 Å². The highest BCUT2D eigenvalue weighted by Crippen LogP contribution is 2.16. The van der Waals surface area contributed by atoms with Gasteiger partial charge in [-0.2, -0.15) is 0 Å². The van der Waals surface area contributed by atoms with Crippen LogP contribution >= 0.6 is 0 Å². The number of benzene rings is 1. The molecule has 0 radical (unpaired) electrons. The monoisotopic (exact) mass is 316 g/mol. The van der Waals surface area contributed by atoms with E-state index in [0.717, 1.165) is 18.4 Å². The Balaban J connectivity index is 1.63. The average molecular weight is 316 g/mol. The lowest BCUT2D eigenvalue weighted by Crippen LogP contribution is -2.40. The SMILES string of the molecule is NC(=NCCC(=O)NCc1ccccc1)NC1CCCCCC1. The molecule has 0 saturated heterocycles. The predicted octanol–water partition coefficient (Wildman–Crippen LogP) is 2.32. The standard InChI is InChI=1S/C18H28N4O/c19-18(22-16-10-6-1-2-7-11-16)20-13-12-17(23)21-14-15-8-4-3-5-9-15/h3-5,8-9,16H,1-2,6-7,10-14H2,(H,21,23)(H3,19,20,22). The third-order valence-corrected chi connectivity index (χ3v) is 4.16. The van der Waals surface area contributed by atoms with Crippen molar-refractivity contribution < 1.29 is 4.79 Å². The van der Waals surface area contributed by atoms with E-state index in [9.17, 15) is 4.79 Å². The molecule has 0 unspecified atom stereocenters. The number of amides is 1. The van der Waals surface area contributed by atoms with Gasteiger partial charge in [-0.3, -0.25) is 9.79 Å². The van der Waals surface area contributed by atoms with Crippen molar-refractivity contribution in [2.75, 3.05) is 6.54 Å². The first-order chi connectivity index (χ1) is 11.2. The van der Waals surface area contributed by atoms with Gasteiger partial charge >= 0.3 is 0 Å². The van der Waals surface area contributed by atoms with Gasteiger partial charge in [-0.1, -0.05) is 56.0 Å². The molecule has 23 heavy (non-hydrogen) atoms. The van der Waals surface area contributed by atoms with E-state index < -0.39 is 0 Å². The van der Waals surface area contributed by atoms with Crippen LogP contribution in [0.15, 0.2) is 35.3 Å². The molecule has 0 spiro atoms. The van der Waals surface area contributed by atoms with Crippen molar-refractivity contribution in [3.8, 4) is 0 Å². The van der Waals surface area contributed by atoms with Gasteiger partial charge in [0, 0.05) is 19.0 Å². The van der Waals surface area contributed by atoms with Crippen molar-refractivity contribution in [2.24, 2.45) is 10.7 Å². The summed E-state index contributed by atoms with van der Waals surface area (Å²) in [5.41, 5.74) is 7.01. The topological polar surface area (TPSA) is 79.5 Å². The second-order valence-corrected chi connectivity index (χ2v) is 6.11. The Kier molecular flexibility index (Phi) is 7.43. The molecule has 1 aromatic rings. The summed E-state index contributed by atoms with van der Waals surface area (Å²) in [6.45, 7) is 0.978. The maximum absolute atomic E-state index is 11.8. The normalized spacial score (nSPS) is 16.6. The van der Waals surface area contributed by atoms with Gasteiger partial charge in [0.15, 0.2) is 5.96 Å². The van der Waals surface area contributed by atoms with Gasteiger partial charge in [0.1, 0.15) is 0 Å². The van der Waals surface area contributed by atoms with Crippen molar-refractivity contribution >= 4 is 11.9 Å². The van der Waals surface area contributed by atoms with Gasteiger partial charge in [0.2, 0.25) is 5.91 Å². The second-order valence-electron chi connectivity index (χ2n) is 6.11. The van der Waals surface area contributed by atoms with Crippen LogP contribution in [0.4, 0.5) is 0 Å². The zero-order valence-electron chi connectivity index (χ0n) is 13.8. The lowest BCUT2D eigenvalue weighted by molar-refractivity contribution is -0.121. The second kappa shape index (κ2) is 9.87. The van der Waals surface area contributed by atoms with Crippen LogP contribution in [-0.4, -0.2) is 24.5 Å². The van der Waals surface area contributed by atoms with Gasteiger partial charge in [0.25, 0.3) is 0 Å². The molecule has 0 bridgehead atoms. The number of nitrogens with one attached hydrogen (secondary N) is 2. The maximum atomic E-state index is 11.8. The molecule has 1 saturated carbocycles. The number of nitrogens with zero attached hydrogens (tertiary/aromatic N) is 1. The summed E-state index contributed by atoms with van der Waals surface area (Å²) in [4.78, 5) is 16.1. The number of rotatable bonds is 6. The number of nitrogens with two attached hydrogens (primary N) is 1. The van der Waals surface area contributed by atoms with E-state index in [-0.39, 0.29) is 5.91 Å². The summed E-state index contributed by atoms with van der Waals surface area (Å²) in [6.07, 6.45) is 7.83. The Bertz CT molecular complexity index is 493. The van der Waals surface area contributed by atoms with Crippen molar-refractivity contribution in [1.29, 1.82) is 0 Å². The van der Waals surface area contributed by atoms with E-state index in [4.69, 9.17) is 5.73 Å². The van der Waals surface area contributed by atoms with Gasteiger partial charge in [-0.15, -0.1) is 0 Å². The summed E-state index contributed by atoms with van der Waals surface area (Å²) in [5.74, 6) is 0.465. The van der Waals surface area contributed by atoms with E-state index in [1.165, 1.54) is 25.7 Å². The fourth-order valence-corrected chi connectivity index (χ4v) is 2.84. The number of guanidine groups is 1. The van der Waals surface area contributed by atoms with Gasteiger partial charge < -0.3 is 16.4 Å². The highest BCUT2D eigenvalue weighted by molar-refractivity contribution is 5.79. The molecule has 0 aliphatic heterocycles. The minimum absolute atomic E-state index is 0.000121. The van der Waals surface area contributed by atoms with Crippen LogP contribution in [0.1, 0.15) is 50.5 Å². The van der Waals surface area contributed by atoms with Crippen LogP contribution in [0.5, 0.6) is 0 Å². The lowest BCUT2D eigenvalue weighted by Gasteiger charge is -2.16. The Morgan fingerprint density at radius 1 is 1.13 bits per heavy atom. The molecule has 0 atom stereocenters. The number of hydrogen-bond donors (Lipinski definition) is 3. The molecule has 1 aliphatic rings. The lowest BCUT2D eigenvalue weighted by atomic mass is 10.1. The number of aliphatic imine (C=N–C) groups is 1. The molecule has 1 amide bonds. The van der Waals surface area contributed by atoms with Gasteiger partial charge in [-0.05, 0) is 18.4 Å². The quantitative estimate of drug-likeness (QED) is 0.428. The third-order valence-electron chi connectivity index (χ3n) is 4.16. The summed E-state index contributed by atoms with van der Waals surface area (Å²) >= 11 is 0. The third kappa shape index (κ3) is 7.17. The first-order valence-electron chi connectivity index (χ1n) is 8.61.